The normalized spacial score (nSPS) is 10.2. The molecule has 0 aliphatic heterocycles. The Morgan fingerprint density at radius 1 is 1.27 bits per heavy atom. The van der Waals surface area contributed by atoms with Gasteiger partial charge >= 0.3 is 0 Å². The van der Waals surface area contributed by atoms with Gasteiger partial charge in [-0.3, -0.25) is 0 Å². The highest BCUT2D eigenvalue weighted by Gasteiger charge is 2.04. The Morgan fingerprint density at radius 3 is 2.36 bits per heavy atom. The van der Waals surface area contributed by atoms with Crippen LogP contribution in [0.15, 0.2) is 12.1 Å². The molecule has 0 spiro atoms. The molecule has 0 bridgehead atoms. The Kier molecular flexibility index (Phi) is 2.22. The van der Waals surface area contributed by atoms with Gasteiger partial charge in [-0.1, -0.05) is 6.07 Å². The summed E-state index contributed by atoms with van der Waals surface area (Å²) in [6, 6.07) is 3.12. The number of alkyl halides is 1. The first-order chi connectivity index (χ1) is 5.15. The molecule has 0 fully saturated rings. The summed E-state index contributed by atoms with van der Waals surface area (Å²) in [5.41, 5.74) is 1.69. The Labute approximate surface area is 64.9 Å². The second kappa shape index (κ2) is 2.99. The monoisotopic (exact) mass is 156 g/mol. The third-order valence-electron chi connectivity index (χ3n) is 1.70. The minimum atomic E-state index is -0.724. The molecule has 11 heavy (non-hydrogen) atoms. The van der Waals surface area contributed by atoms with E-state index in [9.17, 15) is 8.78 Å². The highest BCUT2D eigenvalue weighted by atomic mass is 19.1. The van der Waals surface area contributed by atoms with Crippen LogP contribution in [0.3, 0.4) is 0 Å². The van der Waals surface area contributed by atoms with Crippen molar-refractivity contribution < 1.29 is 8.78 Å². The molecule has 1 aromatic rings. The second-order valence-electron chi connectivity index (χ2n) is 2.68. The van der Waals surface area contributed by atoms with E-state index in [2.05, 4.69) is 0 Å². The molecule has 1 aromatic carbocycles. The van der Waals surface area contributed by atoms with Crippen molar-refractivity contribution in [2.75, 3.05) is 0 Å². The van der Waals surface area contributed by atoms with Crippen LogP contribution in [0, 0.1) is 19.7 Å². The molecule has 2 heteroatoms. The van der Waals surface area contributed by atoms with Crippen LogP contribution in [-0.2, 0) is 6.67 Å². The quantitative estimate of drug-likeness (QED) is 0.586. The van der Waals surface area contributed by atoms with Crippen molar-refractivity contribution in [2.45, 2.75) is 20.5 Å². The maximum atomic E-state index is 12.9. The van der Waals surface area contributed by atoms with Crippen LogP contribution >= 0.6 is 0 Å². The summed E-state index contributed by atoms with van der Waals surface area (Å²) in [4.78, 5) is 0. The summed E-state index contributed by atoms with van der Waals surface area (Å²) < 4.78 is 25.0. The maximum absolute atomic E-state index is 12.9. The fourth-order valence-corrected chi connectivity index (χ4v) is 1.11. The van der Waals surface area contributed by atoms with Crippen molar-refractivity contribution in [3.8, 4) is 0 Å². The lowest BCUT2D eigenvalue weighted by Crippen LogP contribution is -1.92. The average Bonchev–Trinajstić information content (AvgIpc) is 1.85. The van der Waals surface area contributed by atoms with Crippen LogP contribution in [0.4, 0.5) is 8.78 Å². The van der Waals surface area contributed by atoms with Gasteiger partial charge in [0, 0.05) is 5.56 Å². The van der Waals surface area contributed by atoms with Crippen molar-refractivity contribution in [1.82, 2.24) is 0 Å². The lowest BCUT2D eigenvalue weighted by atomic mass is 10.1. The van der Waals surface area contributed by atoms with Crippen LogP contribution in [-0.4, -0.2) is 0 Å². The molecule has 0 N–H and O–H groups in total. The van der Waals surface area contributed by atoms with E-state index in [-0.39, 0.29) is 5.56 Å². The average molecular weight is 156 g/mol. The van der Waals surface area contributed by atoms with Gasteiger partial charge in [-0.05, 0) is 31.0 Å². The van der Waals surface area contributed by atoms with Crippen LogP contribution < -0.4 is 0 Å². The smallest absolute Gasteiger partial charge is 0.129 e. The molecule has 0 amide bonds. The third kappa shape index (κ3) is 1.56. The van der Waals surface area contributed by atoms with E-state index in [1.165, 1.54) is 6.07 Å². The Hall–Kier alpha value is -0.920. The summed E-state index contributed by atoms with van der Waals surface area (Å²) in [5, 5.41) is 0. The molecule has 0 aliphatic carbocycles. The first kappa shape index (κ1) is 8.18. The zero-order valence-corrected chi connectivity index (χ0v) is 6.62. The van der Waals surface area contributed by atoms with Crippen molar-refractivity contribution >= 4 is 0 Å². The van der Waals surface area contributed by atoms with Gasteiger partial charge in [-0.2, -0.15) is 0 Å². The largest absolute Gasteiger partial charge is 0.246 e. The van der Waals surface area contributed by atoms with Gasteiger partial charge in [0.15, 0.2) is 0 Å². The van der Waals surface area contributed by atoms with Gasteiger partial charge in [-0.15, -0.1) is 0 Å². The molecule has 1 rings (SSSR count). The van der Waals surface area contributed by atoms with E-state index >= 15 is 0 Å². The number of halogens is 2. The minimum absolute atomic E-state index is 0.176. The van der Waals surface area contributed by atoms with Crippen LogP contribution in [0.1, 0.15) is 16.7 Å². The summed E-state index contributed by atoms with van der Waals surface area (Å²) in [5.74, 6) is -0.440. The van der Waals surface area contributed by atoms with Crippen molar-refractivity contribution in [2.24, 2.45) is 0 Å². The predicted octanol–water partition coefficient (Wildman–Crippen LogP) is 2.91. The maximum Gasteiger partial charge on any atom is 0.129 e. The van der Waals surface area contributed by atoms with E-state index in [1.54, 1.807) is 19.9 Å². The molecule has 0 saturated carbocycles. The molecular formula is C9H10F2. The SMILES string of the molecule is Cc1cc(C)c(CF)c(F)c1. The number of benzene rings is 1. The highest BCUT2D eigenvalue weighted by molar-refractivity contribution is 5.31. The van der Waals surface area contributed by atoms with Crippen molar-refractivity contribution in [3.05, 3.63) is 34.6 Å². The van der Waals surface area contributed by atoms with E-state index in [0.717, 1.165) is 5.56 Å². The van der Waals surface area contributed by atoms with E-state index < -0.39 is 12.5 Å². The van der Waals surface area contributed by atoms with Gasteiger partial charge in [0.05, 0.1) is 0 Å². The molecular weight excluding hydrogens is 146 g/mol. The zero-order valence-electron chi connectivity index (χ0n) is 6.62. The molecule has 0 radical (unpaired) electrons. The van der Waals surface area contributed by atoms with Crippen LogP contribution in [0.5, 0.6) is 0 Å². The topological polar surface area (TPSA) is 0 Å². The molecule has 0 atom stereocenters. The molecule has 0 saturated heterocycles. The third-order valence-corrected chi connectivity index (χ3v) is 1.70. The van der Waals surface area contributed by atoms with Gasteiger partial charge in [0.1, 0.15) is 12.5 Å². The van der Waals surface area contributed by atoms with Gasteiger partial charge in [-0.25, -0.2) is 8.78 Å². The van der Waals surface area contributed by atoms with Crippen molar-refractivity contribution in [1.29, 1.82) is 0 Å². The van der Waals surface area contributed by atoms with E-state index in [4.69, 9.17) is 0 Å². The Bertz CT molecular complexity index is 243. The fraction of sp³-hybridized carbons (Fsp3) is 0.333. The number of aryl methyl sites for hydroxylation is 2. The number of hydrogen-bond acceptors (Lipinski definition) is 0. The number of hydrogen-bond donors (Lipinski definition) is 0. The van der Waals surface area contributed by atoms with Crippen molar-refractivity contribution in [3.63, 3.8) is 0 Å². The summed E-state index contributed by atoms with van der Waals surface area (Å²) in [7, 11) is 0. The summed E-state index contributed by atoms with van der Waals surface area (Å²) in [6.07, 6.45) is 0. The summed E-state index contributed by atoms with van der Waals surface area (Å²) in [6.45, 7) is 2.78. The zero-order chi connectivity index (χ0) is 8.43. The number of rotatable bonds is 1. The Balaban J connectivity index is 3.25. The van der Waals surface area contributed by atoms with E-state index in [1.807, 2.05) is 0 Å². The standard InChI is InChI=1S/C9H10F2/c1-6-3-7(2)8(5-10)9(11)4-6/h3-4H,5H2,1-2H3. The van der Waals surface area contributed by atoms with Gasteiger partial charge in [0.25, 0.3) is 0 Å². The van der Waals surface area contributed by atoms with Gasteiger partial charge in [0.2, 0.25) is 0 Å². The Morgan fingerprint density at radius 2 is 1.91 bits per heavy atom. The second-order valence-corrected chi connectivity index (χ2v) is 2.68. The lowest BCUT2D eigenvalue weighted by molar-refractivity contribution is 0.461. The first-order valence-corrected chi connectivity index (χ1v) is 3.46. The molecule has 0 unspecified atom stereocenters. The van der Waals surface area contributed by atoms with E-state index in [0.29, 0.717) is 5.56 Å². The molecule has 0 aliphatic rings. The minimum Gasteiger partial charge on any atom is -0.246 e. The highest BCUT2D eigenvalue weighted by Crippen LogP contribution is 2.16. The predicted molar refractivity (Wildman–Crippen MR) is 40.7 cm³/mol. The summed E-state index contributed by atoms with van der Waals surface area (Å²) >= 11 is 0. The molecule has 0 nitrogen and oxygen atoms in total. The van der Waals surface area contributed by atoms with Gasteiger partial charge < -0.3 is 0 Å². The molecule has 0 heterocycles. The lowest BCUT2D eigenvalue weighted by Gasteiger charge is -2.03. The fourth-order valence-electron chi connectivity index (χ4n) is 1.11. The molecule has 0 aromatic heterocycles. The molecule has 60 valence electrons. The first-order valence-electron chi connectivity index (χ1n) is 3.46. The van der Waals surface area contributed by atoms with Crippen LogP contribution in [0.25, 0.3) is 0 Å². The van der Waals surface area contributed by atoms with Crippen LogP contribution in [0.2, 0.25) is 0 Å².